The van der Waals surface area contributed by atoms with Gasteiger partial charge in [-0.05, 0) is 62.6 Å². The molecule has 0 aromatic heterocycles. The zero-order chi connectivity index (χ0) is 22.3. The van der Waals surface area contributed by atoms with Gasteiger partial charge >= 0.3 is 5.97 Å². The van der Waals surface area contributed by atoms with Crippen molar-refractivity contribution in [2.75, 3.05) is 19.8 Å². The van der Waals surface area contributed by atoms with E-state index in [1.165, 1.54) is 0 Å². The van der Waals surface area contributed by atoms with E-state index >= 15 is 0 Å². The van der Waals surface area contributed by atoms with E-state index in [0.29, 0.717) is 43.3 Å². The van der Waals surface area contributed by atoms with E-state index < -0.39 is 11.6 Å². The molecular formula is C24H29NO6. The van der Waals surface area contributed by atoms with Gasteiger partial charge in [-0.1, -0.05) is 12.1 Å². The number of aliphatic carboxylic acids is 1. The second-order valence-electron chi connectivity index (χ2n) is 7.44. The van der Waals surface area contributed by atoms with Crippen molar-refractivity contribution >= 4 is 11.9 Å². The molecule has 2 N–H and O–H groups in total. The van der Waals surface area contributed by atoms with Crippen LogP contribution in [0.15, 0.2) is 42.5 Å². The van der Waals surface area contributed by atoms with E-state index in [-0.39, 0.29) is 18.9 Å². The van der Waals surface area contributed by atoms with E-state index in [1.807, 2.05) is 32.0 Å². The standard InChI is InChI=1S/C24H29NO6/c1-3-29-20-9-7-18(8-10-20)22(26)25-16-19-14-17(6-11-21(19)30-4-2)15-24(23(27)28)12-5-13-31-24/h6-11,14H,3-5,12-13,15-16H2,1-2H3,(H,25,26)(H,27,28)/t24-/m0/s1. The van der Waals surface area contributed by atoms with E-state index in [1.54, 1.807) is 24.3 Å². The Bertz CT molecular complexity index is 903. The Kier molecular flexibility index (Phi) is 7.52. The van der Waals surface area contributed by atoms with Crippen LogP contribution in [0.4, 0.5) is 0 Å². The molecule has 2 aromatic carbocycles. The number of nitrogens with one attached hydrogen (secondary N) is 1. The first-order valence-electron chi connectivity index (χ1n) is 10.6. The summed E-state index contributed by atoms with van der Waals surface area (Å²) in [5.74, 6) is 0.225. The third-order valence-electron chi connectivity index (χ3n) is 5.27. The van der Waals surface area contributed by atoms with E-state index in [2.05, 4.69) is 5.32 Å². The van der Waals surface area contributed by atoms with Crippen molar-refractivity contribution in [2.24, 2.45) is 0 Å². The predicted octanol–water partition coefficient (Wildman–Crippen LogP) is 3.59. The lowest BCUT2D eigenvalue weighted by atomic mass is 9.91. The Morgan fingerprint density at radius 1 is 1.10 bits per heavy atom. The molecular weight excluding hydrogens is 398 g/mol. The number of hydrogen-bond donors (Lipinski definition) is 2. The monoisotopic (exact) mass is 427 g/mol. The smallest absolute Gasteiger partial charge is 0.336 e. The van der Waals surface area contributed by atoms with Crippen molar-refractivity contribution in [3.05, 3.63) is 59.2 Å². The van der Waals surface area contributed by atoms with Gasteiger partial charge in [0, 0.05) is 30.7 Å². The fourth-order valence-corrected chi connectivity index (χ4v) is 3.73. The van der Waals surface area contributed by atoms with Crippen LogP contribution in [0.25, 0.3) is 0 Å². The molecule has 1 aliphatic rings. The van der Waals surface area contributed by atoms with Crippen molar-refractivity contribution in [3.63, 3.8) is 0 Å². The van der Waals surface area contributed by atoms with Crippen molar-refractivity contribution < 1.29 is 28.9 Å². The van der Waals surface area contributed by atoms with Crippen LogP contribution in [0.1, 0.15) is 48.2 Å². The molecule has 1 atom stereocenters. The summed E-state index contributed by atoms with van der Waals surface area (Å²) in [7, 11) is 0. The molecule has 0 spiro atoms. The maximum Gasteiger partial charge on any atom is 0.336 e. The Morgan fingerprint density at radius 2 is 1.84 bits per heavy atom. The number of carboxylic acids is 1. The lowest BCUT2D eigenvalue weighted by Gasteiger charge is -2.24. The second kappa shape index (κ2) is 10.3. The molecule has 2 aromatic rings. The summed E-state index contributed by atoms with van der Waals surface area (Å²) in [4.78, 5) is 24.4. The molecule has 0 radical (unpaired) electrons. The maximum atomic E-state index is 12.6. The fraction of sp³-hybridized carbons (Fsp3) is 0.417. The summed E-state index contributed by atoms with van der Waals surface area (Å²) < 4.78 is 16.7. The molecule has 3 rings (SSSR count). The zero-order valence-electron chi connectivity index (χ0n) is 18.0. The van der Waals surface area contributed by atoms with Gasteiger partial charge < -0.3 is 24.6 Å². The van der Waals surface area contributed by atoms with Gasteiger partial charge in [-0.2, -0.15) is 0 Å². The maximum absolute atomic E-state index is 12.6. The second-order valence-corrected chi connectivity index (χ2v) is 7.44. The number of carboxylic acid groups (broad SMARTS) is 1. The third-order valence-corrected chi connectivity index (χ3v) is 5.27. The average molecular weight is 427 g/mol. The molecule has 166 valence electrons. The van der Waals surface area contributed by atoms with E-state index in [0.717, 1.165) is 17.5 Å². The number of carbonyl (C=O) groups excluding carboxylic acids is 1. The van der Waals surface area contributed by atoms with Crippen LogP contribution in [0.3, 0.4) is 0 Å². The quantitative estimate of drug-likeness (QED) is 0.602. The van der Waals surface area contributed by atoms with Gasteiger partial charge in [0.15, 0.2) is 5.60 Å². The summed E-state index contributed by atoms with van der Waals surface area (Å²) >= 11 is 0. The molecule has 1 saturated heterocycles. The average Bonchev–Trinajstić information content (AvgIpc) is 3.24. The van der Waals surface area contributed by atoms with Gasteiger partial charge in [0.2, 0.25) is 0 Å². The van der Waals surface area contributed by atoms with Gasteiger partial charge in [-0.3, -0.25) is 4.79 Å². The number of benzene rings is 2. The third kappa shape index (κ3) is 5.55. The number of hydrogen-bond acceptors (Lipinski definition) is 5. The van der Waals surface area contributed by atoms with Gasteiger partial charge in [-0.15, -0.1) is 0 Å². The summed E-state index contributed by atoms with van der Waals surface area (Å²) in [5, 5.41) is 12.6. The van der Waals surface area contributed by atoms with Crippen molar-refractivity contribution in [2.45, 2.75) is 45.3 Å². The molecule has 0 unspecified atom stereocenters. The van der Waals surface area contributed by atoms with Crippen molar-refractivity contribution in [1.82, 2.24) is 5.32 Å². The summed E-state index contributed by atoms with van der Waals surface area (Å²) in [6.07, 6.45) is 1.49. The lowest BCUT2D eigenvalue weighted by molar-refractivity contribution is -0.159. The van der Waals surface area contributed by atoms with Gasteiger partial charge in [0.1, 0.15) is 11.5 Å². The molecule has 1 heterocycles. The Morgan fingerprint density at radius 3 is 2.45 bits per heavy atom. The molecule has 1 fully saturated rings. The van der Waals surface area contributed by atoms with Crippen LogP contribution in [0, 0.1) is 0 Å². The normalized spacial score (nSPS) is 17.9. The minimum Gasteiger partial charge on any atom is -0.494 e. The van der Waals surface area contributed by atoms with Gasteiger partial charge in [0.05, 0.1) is 13.2 Å². The molecule has 1 aliphatic heterocycles. The summed E-state index contributed by atoms with van der Waals surface area (Å²) in [6, 6.07) is 12.5. The van der Waals surface area contributed by atoms with Crippen LogP contribution in [-0.2, 0) is 22.5 Å². The highest BCUT2D eigenvalue weighted by Gasteiger charge is 2.43. The van der Waals surface area contributed by atoms with Crippen LogP contribution in [-0.4, -0.2) is 42.4 Å². The highest BCUT2D eigenvalue weighted by molar-refractivity contribution is 5.94. The van der Waals surface area contributed by atoms with Crippen LogP contribution >= 0.6 is 0 Å². The largest absolute Gasteiger partial charge is 0.494 e. The molecule has 7 heteroatoms. The topological polar surface area (TPSA) is 94.1 Å². The summed E-state index contributed by atoms with van der Waals surface area (Å²) in [5.41, 5.74) is 0.965. The van der Waals surface area contributed by atoms with E-state index in [9.17, 15) is 14.7 Å². The number of amides is 1. The first-order chi connectivity index (χ1) is 15.0. The first-order valence-corrected chi connectivity index (χ1v) is 10.6. The fourth-order valence-electron chi connectivity index (χ4n) is 3.73. The number of rotatable bonds is 10. The van der Waals surface area contributed by atoms with Crippen LogP contribution in [0.2, 0.25) is 0 Å². The predicted molar refractivity (Wildman–Crippen MR) is 116 cm³/mol. The molecule has 0 saturated carbocycles. The Balaban J connectivity index is 1.73. The SMILES string of the molecule is CCOc1ccc(C(=O)NCc2cc(C[C@]3(C(=O)O)CCCO3)ccc2OCC)cc1. The molecule has 0 bridgehead atoms. The van der Waals surface area contributed by atoms with Crippen LogP contribution in [0.5, 0.6) is 11.5 Å². The van der Waals surface area contributed by atoms with E-state index in [4.69, 9.17) is 14.2 Å². The number of ether oxygens (including phenoxy) is 3. The Labute approximate surface area is 182 Å². The lowest BCUT2D eigenvalue weighted by Crippen LogP contribution is -2.40. The highest BCUT2D eigenvalue weighted by Crippen LogP contribution is 2.31. The zero-order valence-corrected chi connectivity index (χ0v) is 18.0. The van der Waals surface area contributed by atoms with Crippen molar-refractivity contribution in [1.29, 1.82) is 0 Å². The highest BCUT2D eigenvalue weighted by atomic mass is 16.5. The first kappa shape index (κ1) is 22.6. The van der Waals surface area contributed by atoms with Crippen LogP contribution < -0.4 is 14.8 Å². The minimum atomic E-state index is -1.18. The molecule has 7 nitrogen and oxygen atoms in total. The van der Waals surface area contributed by atoms with Gasteiger partial charge in [0.25, 0.3) is 5.91 Å². The Hall–Kier alpha value is -3.06. The van der Waals surface area contributed by atoms with Gasteiger partial charge in [-0.25, -0.2) is 4.79 Å². The molecule has 0 aliphatic carbocycles. The van der Waals surface area contributed by atoms with Crippen molar-refractivity contribution in [3.8, 4) is 11.5 Å². The minimum absolute atomic E-state index is 0.211. The molecule has 31 heavy (non-hydrogen) atoms. The number of carbonyl (C=O) groups is 2. The molecule has 1 amide bonds. The summed E-state index contributed by atoms with van der Waals surface area (Å²) in [6.45, 7) is 5.56.